The van der Waals surface area contributed by atoms with Crippen LogP contribution < -0.4 is 0 Å². The van der Waals surface area contributed by atoms with Crippen molar-refractivity contribution in [2.75, 3.05) is 46.1 Å². The van der Waals surface area contributed by atoms with Crippen molar-refractivity contribution >= 4 is 6.03 Å². The summed E-state index contributed by atoms with van der Waals surface area (Å²) >= 11 is 0. The summed E-state index contributed by atoms with van der Waals surface area (Å²) in [7, 11) is 0. The maximum Gasteiger partial charge on any atom is 0.320 e. The summed E-state index contributed by atoms with van der Waals surface area (Å²) in [5, 5.41) is 0. The van der Waals surface area contributed by atoms with E-state index in [-0.39, 0.29) is 11.6 Å². The second-order valence-corrected chi connectivity index (χ2v) is 5.16. The van der Waals surface area contributed by atoms with Crippen molar-refractivity contribution in [3.05, 3.63) is 0 Å². The molecule has 1 aliphatic carbocycles. The van der Waals surface area contributed by atoms with Crippen LogP contribution in [0.2, 0.25) is 0 Å². The molecule has 1 saturated carbocycles. The number of carbonyl (C=O) groups excluding carboxylic acids is 1. The van der Waals surface area contributed by atoms with Crippen LogP contribution in [-0.4, -0.2) is 67.4 Å². The third kappa shape index (κ3) is 1.91. The summed E-state index contributed by atoms with van der Waals surface area (Å²) in [6.45, 7) is 4.95. The van der Waals surface area contributed by atoms with Gasteiger partial charge in [-0.2, -0.15) is 0 Å². The Hall–Kier alpha value is -0.810. The van der Waals surface area contributed by atoms with E-state index in [1.54, 1.807) is 0 Å². The highest BCUT2D eigenvalue weighted by Crippen LogP contribution is 2.40. The molecule has 1 spiro atoms. The largest absolute Gasteiger partial charge is 0.378 e. The molecule has 2 aliphatic heterocycles. The summed E-state index contributed by atoms with van der Waals surface area (Å²) in [6, 6.07) is 0.191. The van der Waals surface area contributed by atoms with Crippen molar-refractivity contribution in [3.63, 3.8) is 0 Å². The number of morpholine rings is 2. The third-order valence-electron chi connectivity index (χ3n) is 4.20. The Morgan fingerprint density at radius 1 is 1.00 bits per heavy atom. The molecule has 0 N–H and O–H groups in total. The van der Waals surface area contributed by atoms with E-state index in [2.05, 4.69) is 4.90 Å². The van der Waals surface area contributed by atoms with E-state index in [4.69, 9.17) is 9.47 Å². The Kier molecular flexibility index (Phi) is 2.96. The normalized spacial score (nSPS) is 28.0. The van der Waals surface area contributed by atoms with Gasteiger partial charge in [-0.15, -0.1) is 0 Å². The van der Waals surface area contributed by atoms with E-state index in [9.17, 15) is 4.79 Å². The molecule has 96 valence electrons. The van der Waals surface area contributed by atoms with Gasteiger partial charge in [0.1, 0.15) is 0 Å². The minimum atomic E-state index is 0.0215. The number of rotatable bonds is 0. The first kappa shape index (κ1) is 11.3. The zero-order valence-corrected chi connectivity index (χ0v) is 10.2. The number of nitrogens with zero attached hydrogens (tertiary/aromatic N) is 2. The molecule has 5 heteroatoms. The Morgan fingerprint density at radius 2 is 1.71 bits per heavy atom. The van der Waals surface area contributed by atoms with Crippen molar-refractivity contribution in [2.45, 2.75) is 24.8 Å². The van der Waals surface area contributed by atoms with Gasteiger partial charge in [0, 0.05) is 19.6 Å². The fourth-order valence-electron chi connectivity index (χ4n) is 2.96. The molecule has 2 saturated heterocycles. The Balaban J connectivity index is 1.70. The predicted octanol–water partition coefficient (Wildman–Crippen LogP) is 0.693. The molecule has 3 fully saturated rings. The monoisotopic (exact) mass is 240 g/mol. The zero-order chi connectivity index (χ0) is 11.7. The van der Waals surface area contributed by atoms with Gasteiger partial charge in [0.25, 0.3) is 0 Å². The van der Waals surface area contributed by atoms with Crippen molar-refractivity contribution in [3.8, 4) is 0 Å². The fourth-order valence-corrected chi connectivity index (χ4v) is 2.96. The lowest BCUT2D eigenvalue weighted by Crippen LogP contribution is -2.65. The van der Waals surface area contributed by atoms with E-state index in [0.29, 0.717) is 19.8 Å². The van der Waals surface area contributed by atoms with Gasteiger partial charge in [-0.3, -0.25) is 0 Å². The molecule has 0 atom stereocenters. The SMILES string of the molecule is O=C(N1CCOCC1)N1CCOCC12CCC2. The van der Waals surface area contributed by atoms with Crippen LogP contribution in [0.5, 0.6) is 0 Å². The first-order valence-corrected chi connectivity index (χ1v) is 6.54. The molecular weight excluding hydrogens is 220 g/mol. The fraction of sp³-hybridized carbons (Fsp3) is 0.917. The lowest BCUT2D eigenvalue weighted by molar-refractivity contribution is -0.0914. The molecule has 0 aromatic carbocycles. The Morgan fingerprint density at radius 3 is 2.35 bits per heavy atom. The van der Waals surface area contributed by atoms with Crippen LogP contribution in [-0.2, 0) is 9.47 Å². The molecule has 3 rings (SSSR count). The van der Waals surface area contributed by atoms with Gasteiger partial charge in [-0.1, -0.05) is 0 Å². The number of ether oxygens (including phenoxy) is 2. The molecule has 0 bridgehead atoms. The second kappa shape index (κ2) is 4.46. The van der Waals surface area contributed by atoms with Crippen LogP contribution in [0, 0.1) is 0 Å². The number of hydrogen-bond donors (Lipinski definition) is 0. The number of carbonyl (C=O) groups is 1. The van der Waals surface area contributed by atoms with Crippen molar-refractivity contribution in [1.82, 2.24) is 9.80 Å². The minimum absolute atomic E-state index is 0.0215. The number of amides is 2. The van der Waals surface area contributed by atoms with Crippen molar-refractivity contribution in [2.24, 2.45) is 0 Å². The second-order valence-electron chi connectivity index (χ2n) is 5.16. The molecule has 0 radical (unpaired) electrons. The van der Waals surface area contributed by atoms with Crippen LogP contribution in [0.25, 0.3) is 0 Å². The van der Waals surface area contributed by atoms with E-state index < -0.39 is 0 Å². The molecule has 2 heterocycles. The Bertz CT molecular complexity index is 298. The topological polar surface area (TPSA) is 42.0 Å². The zero-order valence-electron chi connectivity index (χ0n) is 10.2. The number of urea groups is 1. The van der Waals surface area contributed by atoms with Crippen molar-refractivity contribution < 1.29 is 14.3 Å². The molecule has 0 aromatic heterocycles. The highest BCUT2D eigenvalue weighted by Gasteiger charge is 2.47. The maximum atomic E-state index is 12.5. The van der Waals surface area contributed by atoms with Gasteiger partial charge in [0.15, 0.2) is 0 Å². The molecule has 0 unspecified atom stereocenters. The van der Waals surface area contributed by atoms with Crippen LogP contribution in [0.3, 0.4) is 0 Å². The quantitative estimate of drug-likeness (QED) is 0.625. The minimum Gasteiger partial charge on any atom is -0.378 e. The maximum absolute atomic E-state index is 12.5. The number of hydrogen-bond acceptors (Lipinski definition) is 3. The standard InChI is InChI=1S/C12H20N2O3/c15-11(13-4-7-16-8-5-13)14-6-9-17-10-12(14)2-1-3-12/h1-10H2. The molecular formula is C12H20N2O3. The molecule has 5 nitrogen and oxygen atoms in total. The van der Waals surface area contributed by atoms with E-state index >= 15 is 0 Å². The summed E-state index contributed by atoms with van der Waals surface area (Å²) < 4.78 is 10.9. The van der Waals surface area contributed by atoms with Gasteiger partial charge < -0.3 is 19.3 Å². The van der Waals surface area contributed by atoms with Crippen molar-refractivity contribution in [1.29, 1.82) is 0 Å². The van der Waals surface area contributed by atoms with Gasteiger partial charge in [0.05, 0.1) is 32.0 Å². The van der Waals surface area contributed by atoms with E-state index in [1.807, 2.05) is 4.90 Å². The molecule has 3 aliphatic rings. The summed E-state index contributed by atoms with van der Waals surface area (Å²) in [4.78, 5) is 16.5. The predicted molar refractivity (Wildman–Crippen MR) is 61.9 cm³/mol. The smallest absolute Gasteiger partial charge is 0.320 e. The van der Waals surface area contributed by atoms with Gasteiger partial charge in [-0.25, -0.2) is 4.79 Å². The van der Waals surface area contributed by atoms with Crippen LogP contribution in [0.1, 0.15) is 19.3 Å². The molecule has 2 amide bonds. The van der Waals surface area contributed by atoms with Crippen LogP contribution >= 0.6 is 0 Å². The lowest BCUT2D eigenvalue weighted by Gasteiger charge is -2.53. The molecule has 0 aromatic rings. The van der Waals surface area contributed by atoms with Gasteiger partial charge in [-0.05, 0) is 19.3 Å². The first-order valence-electron chi connectivity index (χ1n) is 6.54. The molecule has 17 heavy (non-hydrogen) atoms. The summed E-state index contributed by atoms with van der Waals surface area (Å²) in [5.41, 5.74) is 0.0215. The van der Waals surface area contributed by atoms with Crippen LogP contribution in [0.4, 0.5) is 4.79 Å². The highest BCUT2D eigenvalue weighted by molar-refractivity contribution is 5.76. The average molecular weight is 240 g/mol. The third-order valence-corrected chi connectivity index (χ3v) is 4.20. The van der Waals surface area contributed by atoms with Gasteiger partial charge >= 0.3 is 6.03 Å². The van der Waals surface area contributed by atoms with Gasteiger partial charge in [0.2, 0.25) is 0 Å². The lowest BCUT2D eigenvalue weighted by atomic mass is 9.75. The summed E-state index contributed by atoms with van der Waals surface area (Å²) in [6.07, 6.45) is 3.42. The first-order chi connectivity index (χ1) is 8.32. The van der Waals surface area contributed by atoms with Crippen LogP contribution in [0.15, 0.2) is 0 Å². The summed E-state index contributed by atoms with van der Waals surface area (Å²) in [5.74, 6) is 0. The highest BCUT2D eigenvalue weighted by atomic mass is 16.5. The van der Waals surface area contributed by atoms with E-state index in [1.165, 1.54) is 6.42 Å². The Labute approximate surface area is 102 Å². The average Bonchev–Trinajstić information content (AvgIpc) is 2.37. The van der Waals surface area contributed by atoms with E-state index in [0.717, 1.165) is 39.1 Å².